The molecule has 0 aromatic carbocycles. The Morgan fingerprint density at radius 2 is 2.40 bits per heavy atom. The first-order valence-electron chi connectivity index (χ1n) is 3.47. The highest BCUT2D eigenvalue weighted by Gasteiger charge is 2.25. The van der Waals surface area contributed by atoms with Gasteiger partial charge in [-0.15, -0.1) is 0 Å². The molecular weight excluding hydrogens is 130 g/mol. The summed E-state index contributed by atoms with van der Waals surface area (Å²) < 4.78 is 5.29. The summed E-state index contributed by atoms with van der Waals surface area (Å²) in [6, 6.07) is 0. The molecule has 1 atom stereocenters. The van der Waals surface area contributed by atoms with Crippen LogP contribution in [0.1, 0.15) is 26.2 Å². The number of rotatable bonds is 1. The van der Waals surface area contributed by atoms with Crippen LogP contribution in [-0.4, -0.2) is 12.3 Å². The van der Waals surface area contributed by atoms with Crippen LogP contribution in [0, 0.1) is 0 Å². The maximum atomic E-state index is 8.16. The van der Waals surface area contributed by atoms with Gasteiger partial charge in [0.15, 0.2) is 0 Å². The molecule has 4 nitrogen and oxygen atoms in total. The van der Waals surface area contributed by atoms with Gasteiger partial charge in [-0.1, -0.05) is 5.11 Å². The van der Waals surface area contributed by atoms with Crippen molar-refractivity contribution < 1.29 is 4.74 Å². The summed E-state index contributed by atoms with van der Waals surface area (Å²) in [4.78, 5) is 2.73. The summed E-state index contributed by atoms with van der Waals surface area (Å²) in [6.45, 7) is 2.54. The summed E-state index contributed by atoms with van der Waals surface area (Å²) >= 11 is 0. The molecule has 4 heteroatoms. The minimum atomic E-state index is -0.562. The first kappa shape index (κ1) is 7.38. The van der Waals surface area contributed by atoms with E-state index in [4.69, 9.17) is 10.3 Å². The third kappa shape index (κ3) is 1.62. The van der Waals surface area contributed by atoms with Gasteiger partial charge >= 0.3 is 0 Å². The van der Waals surface area contributed by atoms with E-state index in [0.717, 1.165) is 25.9 Å². The summed E-state index contributed by atoms with van der Waals surface area (Å²) in [5, 5.41) is 3.57. The molecule has 0 spiro atoms. The minimum Gasteiger partial charge on any atom is -0.369 e. The highest BCUT2D eigenvalue weighted by atomic mass is 16.5. The first-order chi connectivity index (χ1) is 4.77. The van der Waals surface area contributed by atoms with E-state index in [1.54, 1.807) is 0 Å². The number of hydrogen-bond donors (Lipinski definition) is 0. The van der Waals surface area contributed by atoms with Gasteiger partial charge in [-0.2, -0.15) is 0 Å². The molecule has 0 aliphatic carbocycles. The van der Waals surface area contributed by atoms with Crippen molar-refractivity contribution >= 4 is 0 Å². The molecule has 0 aromatic rings. The van der Waals surface area contributed by atoms with Crippen molar-refractivity contribution in [1.82, 2.24) is 0 Å². The van der Waals surface area contributed by atoms with E-state index in [0.29, 0.717) is 0 Å². The average molecular weight is 141 g/mol. The summed E-state index contributed by atoms with van der Waals surface area (Å²) in [5.41, 5.74) is 7.60. The Morgan fingerprint density at radius 3 is 2.90 bits per heavy atom. The summed E-state index contributed by atoms with van der Waals surface area (Å²) in [5.74, 6) is 0. The Hall–Kier alpha value is -0.730. The van der Waals surface area contributed by atoms with Gasteiger partial charge in [0, 0.05) is 11.5 Å². The van der Waals surface area contributed by atoms with E-state index in [9.17, 15) is 0 Å². The maximum absolute atomic E-state index is 8.16. The van der Waals surface area contributed by atoms with E-state index in [2.05, 4.69) is 10.0 Å². The van der Waals surface area contributed by atoms with Crippen LogP contribution < -0.4 is 0 Å². The Morgan fingerprint density at radius 1 is 1.60 bits per heavy atom. The Kier molecular flexibility index (Phi) is 2.14. The topological polar surface area (TPSA) is 58.0 Å². The fourth-order valence-corrected chi connectivity index (χ4v) is 1.09. The second-order valence-corrected chi connectivity index (χ2v) is 2.67. The van der Waals surface area contributed by atoms with Gasteiger partial charge < -0.3 is 4.74 Å². The Balaban J connectivity index is 2.56. The van der Waals surface area contributed by atoms with Gasteiger partial charge in [-0.3, -0.25) is 0 Å². The van der Waals surface area contributed by atoms with Gasteiger partial charge in [0.05, 0.1) is 0 Å². The molecule has 0 N–H and O–H groups in total. The lowest BCUT2D eigenvalue weighted by Gasteiger charge is -2.28. The molecule has 0 saturated carbocycles. The number of ether oxygens (including phenoxy) is 1. The van der Waals surface area contributed by atoms with Crippen molar-refractivity contribution in [1.29, 1.82) is 0 Å². The van der Waals surface area contributed by atoms with E-state index in [-0.39, 0.29) is 0 Å². The van der Waals surface area contributed by atoms with Crippen molar-refractivity contribution in [2.45, 2.75) is 31.9 Å². The van der Waals surface area contributed by atoms with E-state index in [1.165, 1.54) is 0 Å². The zero-order valence-corrected chi connectivity index (χ0v) is 6.08. The minimum absolute atomic E-state index is 0.562. The van der Waals surface area contributed by atoms with Crippen molar-refractivity contribution in [3.8, 4) is 0 Å². The Bertz CT molecular complexity index is 156. The van der Waals surface area contributed by atoms with Crippen molar-refractivity contribution in [2.24, 2.45) is 5.11 Å². The fourth-order valence-electron chi connectivity index (χ4n) is 1.09. The molecule has 0 bridgehead atoms. The molecule has 1 aliphatic heterocycles. The molecule has 56 valence electrons. The fraction of sp³-hybridized carbons (Fsp3) is 1.00. The van der Waals surface area contributed by atoms with Crippen molar-refractivity contribution in [3.63, 3.8) is 0 Å². The third-order valence-corrected chi connectivity index (χ3v) is 1.70. The van der Waals surface area contributed by atoms with Crippen LogP contribution in [0.4, 0.5) is 0 Å². The average Bonchev–Trinajstić information content (AvgIpc) is 1.89. The van der Waals surface area contributed by atoms with Gasteiger partial charge in [0.1, 0.15) is 5.72 Å². The van der Waals surface area contributed by atoms with Gasteiger partial charge in [0.25, 0.3) is 0 Å². The Labute approximate surface area is 59.8 Å². The van der Waals surface area contributed by atoms with Crippen LogP contribution in [-0.2, 0) is 4.74 Å². The summed E-state index contributed by atoms with van der Waals surface area (Å²) in [6.07, 6.45) is 3.02. The molecular formula is C6H11N3O. The lowest BCUT2D eigenvalue weighted by atomic mass is 10.1. The van der Waals surface area contributed by atoms with Gasteiger partial charge in [-0.05, 0) is 31.7 Å². The normalized spacial score (nSPS) is 32.9. The molecule has 1 saturated heterocycles. The molecule has 0 radical (unpaired) electrons. The molecule has 10 heavy (non-hydrogen) atoms. The SMILES string of the molecule is CC1(N=[N+]=[N-])CCCCO1. The smallest absolute Gasteiger partial charge is 0.144 e. The molecule has 0 aromatic heterocycles. The number of hydrogen-bond acceptors (Lipinski definition) is 2. The maximum Gasteiger partial charge on any atom is 0.144 e. The van der Waals surface area contributed by atoms with E-state index < -0.39 is 5.72 Å². The quantitative estimate of drug-likeness (QED) is 0.313. The number of azide groups is 1. The lowest BCUT2D eigenvalue weighted by Crippen LogP contribution is -2.29. The third-order valence-electron chi connectivity index (χ3n) is 1.70. The van der Waals surface area contributed by atoms with Gasteiger partial charge in [-0.25, -0.2) is 0 Å². The van der Waals surface area contributed by atoms with Crippen LogP contribution in [0.5, 0.6) is 0 Å². The molecule has 1 heterocycles. The predicted molar refractivity (Wildman–Crippen MR) is 37.4 cm³/mol. The monoisotopic (exact) mass is 141 g/mol. The molecule has 1 fully saturated rings. The molecule has 0 amide bonds. The van der Waals surface area contributed by atoms with Crippen LogP contribution in [0.2, 0.25) is 0 Å². The van der Waals surface area contributed by atoms with Crippen LogP contribution >= 0.6 is 0 Å². The standard InChI is InChI=1S/C6H11N3O/c1-6(8-9-7)4-2-3-5-10-6/h2-5H2,1H3. The van der Waals surface area contributed by atoms with E-state index in [1.807, 2.05) is 6.92 Å². The zero-order chi connectivity index (χ0) is 7.45. The van der Waals surface area contributed by atoms with Crippen molar-refractivity contribution in [3.05, 3.63) is 10.4 Å². The largest absolute Gasteiger partial charge is 0.369 e. The lowest BCUT2D eigenvalue weighted by molar-refractivity contribution is -0.0597. The van der Waals surface area contributed by atoms with E-state index >= 15 is 0 Å². The highest BCUT2D eigenvalue weighted by Crippen LogP contribution is 2.25. The van der Waals surface area contributed by atoms with Crippen LogP contribution in [0.15, 0.2) is 5.11 Å². The van der Waals surface area contributed by atoms with Crippen LogP contribution in [0.25, 0.3) is 10.4 Å². The number of nitrogens with zero attached hydrogens (tertiary/aromatic N) is 3. The second-order valence-electron chi connectivity index (χ2n) is 2.67. The molecule has 1 aliphatic rings. The van der Waals surface area contributed by atoms with Gasteiger partial charge in [0.2, 0.25) is 0 Å². The first-order valence-corrected chi connectivity index (χ1v) is 3.47. The zero-order valence-electron chi connectivity index (χ0n) is 6.08. The van der Waals surface area contributed by atoms with Crippen molar-refractivity contribution in [2.75, 3.05) is 6.61 Å². The summed E-state index contributed by atoms with van der Waals surface area (Å²) in [7, 11) is 0. The highest BCUT2D eigenvalue weighted by molar-refractivity contribution is 4.75. The second kappa shape index (κ2) is 2.90. The van der Waals surface area contributed by atoms with Crippen LogP contribution in [0.3, 0.4) is 0 Å². The predicted octanol–water partition coefficient (Wildman–Crippen LogP) is 2.21. The molecule has 1 unspecified atom stereocenters. The molecule has 1 rings (SSSR count).